The Kier molecular flexibility index (Phi) is 4.12. The number of hydrogen-bond donors (Lipinski definition) is 1. The molecule has 0 spiro atoms. The molecule has 0 unspecified atom stereocenters. The van der Waals surface area contributed by atoms with Crippen LogP contribution < -0.4 is 0 Å². The normalized spacial score (nSPS) is 11.9. The van der Waals surface area contributed by atoms with E-state index in [0.29, 0.717) is 5.95 Å². The summed E-state index contributed by atoms with van der Waals surface area (Å²) in [7, 11) is 0. The first-order valence-electron chi connectivity index (χ1n) is 12.5. The van der Waals surface area contributed by atoms with E-state index >= 15 is 0 Å². The van der Waals surface area contributed by atoms with Crippen molar-refractivity contribution in [3.05, 3.63) is 115 Å². The lowest BCUT2D eigenvalue weighted by atomic mass is 10.0. The van der Waals surface area contributed by atoms with E-state index in [1.165, 1.54) is 32.5 Å². The summed E-state index contributed by atoms with van der Waals surface area (Å²) in [6.07, 6.45) is 2.03. The summed E-state index contributed by atoms with van der Waals surface area (Å²) in [6, 6.07) is 36.2. The van der Waals surface area contributed by atoms with Crippen molar-refractivity contribution in [1.82, 2.24) is 19.5 Å². The van der Waals surface area contributed by atoms with Crippen molar-refractivity contribution in [2.75, 3.05) is 0 Å². The topological polar surface area (TPSA) is 46.5 Å². The lowest BCUT2D eigenvalue weighted by Crippen LogP contribution is -2.03. The Morgan fingerprint density at radius 1 is 0.649 bits per heavy atom. The SMILES string of the molecule is Cc1ccc2c(c1)c1c3ccccc3c3[nH]ccc3c1n2-c1nc(-c2ccccc2)c2ccccc2n1. The van der Waals surface area contributed by atoms with Gasteiger partial charge in [-0.25, -0.2) is 9.97 Å². The van der Waals surface area contributed by atoms with Gasteiger partial charge in [0.25, 0.3) is 0 Å². The summed E-state index contributed by atoms with van der Waals surface area (Å²) < 4.78 is 2.26. The van der Waals surface area contributed by atoms with E-state index in [1.807, 2.05) is 18.3 Å². The zero-order valence-corrected chi connectivity index (χ0v) is 20.2. The molecule has 8 rings (SSSR count). The Bertz CT molecular complexity index is 2150. The van der Waals surface area contributed by atoms with Crippen molar-refractivity contribution in [3.63, 3.8) is 0 Å². The summed E-state index contributed by atoms with van der Waals surface area (Å²) in [5.74, 6) is 0.680. The van der Waals surface area contributed by atoms with Gasteiger partial charge in [0, 0.05) is 38.7 Å². The van der Waals surface area contributed by atoms with E-state index in [0.717, 1.165) is 38.7 Å². The maximum Gasteiger partial charge on any atom is 0.235 e. The molecule has 0 amide bonds. The molecule has 37 heavy (non-hydrogen) atoms. The van der Waals surface area contributed by atoms with Gasteiger partial charge in [0.1, 0.15) is 0 Å². The third-order valence-electron chi connectivity index (χ3n) is 7.43. The van der Waals surface area contributed by atoms with E-state index in [4.69, 9.17) is 9.97 Å². The van der Waals surface area contributed by atoms with Gasteiger partial charge in [0.15, 0.2) is 0 Å². The maximum absolute atomic E-state index is 5.25. The molecule has 0 saturated carbocycles. The number of aromatic nitrogens is 4. The molecule has 0 saturated heterocycles. The lowest BCUT2D eigenvalue weighted by molar-refractivity contribution is 1.02. The van der Waals surface area contributed by atoms with Crippen molar-refractivity contribution < 1.29 is 0 Å². The summed E-state index contributed by atoms with van der Waals surface area (Å²) >= 11 is 0. The highest BCUT2D eigenvalue weighted by atomic mass is 15.2. The van der Waals surface area contributed by atoms with E-state index in [-0.39, 0.29) is 0 Å². The highest BCUT2D eigenvalue weighted by Gasteiger charge is 2.21. The fraction of sp³-hybridized carbons (Fsp3) is 0.0303. The molecule has 5 aromatic carbocycles. The average Bonchev–Trinajstić information content (AvgIpc) is 3.56. The van der Waals surface area contributed by atoms with Gasteiger partial charge in [-0.1, -0.05) is 84.4 Å². The number of aryl methyl sites for hydroxylation is 1. The van der Waals surface area contributed by atoms with Gasteiger partial charge in [0.05, 0.1) is 27.8 Å². The maximum atomic E-state index is 5.25. The molecule has 1 N–H and O–H groups in total. The number of para-hydroxylation sites is 1. The van der Waals surface area contributed by atoms with Gasteiger partial charge < -0.3 is 4.98 Å². The number of aromatic amines is 1. The summed E-state index contributed by atoms with van der Waals surface area (Å²) in [5, 5.41) is 7.12. The van der Waals surface area contributed by atoms with E-state index < -0.39 is 0 Å². The van der Waals surface area contributed by atoms with E-state index in [2.05, 4.69) is 107 Å². The molecule has 0 aliphatic carbocycles. The summed E-state index contributed by atoms with van der Waals surface area (Å²) in [5.41, 5.74) is 7.55. The number of hydrogen-bond acceptors (Lipinski definition) is 2. The molecule has 0 fully saturated rings. The van der Waals surface area contributed by atoms with Crippen LogP contribution >= 0.6 is 0 Å². The van der Waals surface area contributed by atoms with Crippen LogP contribution in [0.15, 0.2) is 109 Å². The standard InChI is InChI=1S/C33H22N4/c1-20-15-16-28-26(19-20)29-22-11-5-6-12-23(22)31-25(17-18-34-31)32(29)37(28)33-35-27-14-8-7-13-24(27)30(36-33)21-9-3-2-4-10-21/h2-19,34H,1H3. The first-order valence-corrected chi connectivity index (χ1v) is 12.5. The van der Waals surface area contributed by atoms with Gasteiger partial charge in [-0.2, -0.15) is 0 Å². The van der Waals surface area contributed by atoms with Crippen LogP contribution in [0.3, 0.4) is 0 Å². The third-order valence-corrected chi connectivity index (χ3v) is 7.43. The first-order chi connectivity index (χ1) is 18.3. The molecule has 174 valence electrons. The van der Waals surface area contributed by atoms with Crippen molar-refractivity contribution in [3.8, 4) is 17.2 Å². The smallest absolute Gasteiger partial charge is 0.235 e. The Morgan fingerprint density at radius 2 is 1.41 bits per heavy atom. The highest BCUT2D eigenvalue weighted by molar-refractivity contribution is 6.31. The number of H-pyrrole nitrogens is 1. The molecule has 3 heterocycles. The average molecular weight is 475 g/mol. The fourth-order valence-corrected chi connectivity index (χ4v) is 5.83. The highest BCUT2D eigenvalue weighted by Crippen LogP contribution is 2.42. The van der Waals surface area contributed by atoms with Crippen LogP contribution in [0.5, 0.6) is 0 Å². The summed E-state index contributed by atoms with van der Waals surface area (Å²) in [4.78, 5) is 13.9. The van der Waals surface area contributed by atoms with Crippen molar-refractivity contribution in [2.45, 2.75) is 6.92 Å². The molecule has 3 aromatic heterocycles. The van der Waals surface area contributed by atoms with Gasteiger partial charge >= 0.3 is 0 Å². The largest absolute Gasteiger partial charge is 0.361 e. The fourth-order valence-electron chi connectivity index (χ4n) is 5.83. The quantitative estimate of drug-likeness (QED) is 0.274. The van der Waals surface area contributed by atoms with Crippen LogP contribution in [0, 0.1) is 6.92 Å². The number of fused-ring (bicyclic) bond motifs is 9. The van der Waals surface area contributed by atoms with Crippen LogP contribution in [0.25, 0.3) is 71.6 Å². The molecule has 0 aliphatic rings. The molecule has 4 heteroatoms. The first kappa shape index (κ1) is 20.3. The third kappa shape index (κ3) is 2.84. The number of nitrogens with zero attached hydrogens (tertiary/aromatic N) is 3. The Balaban J connectivity index is 1.61. The summed E-state index contributed by atoms with van der Waals surface area (Å²) in [6.45, 7) is 2.15. The molecule has 8 aromatic rings. The predicted molar refractivity (Wildman–Crippen MR) is 153 cm³/mol. The molecule has 0 bridgehead atoms. The van der Waals surface area contributed by atoms with Crippen LogP contribution in [-0.2, 0) is 0 Å². The molecular weight excluding hydrogens is 452 g/mol. The second-order valence-corrected chi connectivity index (χ2v) is 9.65. The molecule has 0 atom stereocenters. The van der Waals surface area contributed by atoms with Crippen molar-refractivity contribution in [2.24, 2.45) is 0 Å². The lowest BCUT2D eigenvalue weighted by Gasteiger charge is -2.12. The van der Waals surface area contributed by atoms with E-state index in [9.17, 15) is 0 Å². The molecular formula is C33H22N4. The van der Waals surface area contributed by atoms with Crippen LogP contribution in [-0.4, -0.2) is 19.5 Å². The van der Waals surface area contributed by atoms with Gasteiger partial charge in [0.2, 0.25) is 5.95 Å². The van der Waals surface area contributed by atoms with Crippen molar-refractivity contribution >= 4 is 54.4 Å². The molecule has 4 nitrogen and oxygen atoms in total. The Labute approximate surface area is 212 Å². The molecule has 0 radical (unpaired) electrons. The van der Waals surface area contributed by atoms with E-state index in [1.54, 1.807) is 0 Å². The predicted octanol–water partition coefficient (Wildman–Crippen LogP) is 8.34. The van der Waals surface area contributed by atoms with Crippen LogP contribution in [0.4, 0.5) is 0 Å². The Morgan fingerprint density at radius 3 is 2.27 bits per heavy atom. The van der Waals surface area contributed by atoms with Crippen LogP contribution in [0.2, 0.25) is 0 Å². The van der Waals surface area contributed by atoms with Gasteiger partial charge in [-0.15, -0.1) is 0 Å². The zero-order chi connectivity index (χ0) is 24.5. The van der Waals surface area contributed by atoms with Gasteiger partial charge in [-0.3, -0.25) is 4.57 Å². The minimum absolute atomic E-state index is 0.680. The van der Waals surface area contributed by atoms with Crippen molar-refractivity contribution in [1.29, 1.82) is 0 Å². The second-order valence-electron chi connectivity index (χ2n) is 9.65. The number of nitrogens with one attached hydrogen (secondary N) is 1. The van der Waals surface area contributed by atoms with Gasteiger partial charge in [-0.05, 0) is 36.6 Å². The monoisotopic (exact) mass is 474 g/mol. The number of benzene rings is 5. The minimum Gasteiger partial charge on any atom is -0.361 e. The Hall–Kier alpha value is -4.96. The minimum atomic E-state index is 0.680. The zero-order valence-electron chi connectivity index (χ0n) is 20.2. The van der Waals surface area contributed by atoms with Crippen LogP contribution in [0.1, 0.15) is 5.56 Å². The second kappa shape index (κ2) is 7.52. The molecule has 0 aliphatic heterocycles. The number of rotatable bonds is 2.